The van der Waals surface area contributed by atoms with Crippen LogP contribution < -0.4 is 15.4 Å². The summed E-state index contributed by atoms with van der Waals surface area (Å²) in [6, 6.07) is 10.4. The van der Waals surface area contributed by atoms with Crippen LogP contribution >= 0.6 is 24.0 Å². The van der Waals surface area contributed by atoms with Crippen LogP contribution in [0.1, 0.15) is 40.0 Å². The molecule has 0 saturated carbocycles. The summed E-state index contributed by atoms with van der Waals surface area (Å²) in [4.78, 5) is 7.27. The van der Waals surface area contributed by atoms with Gasteiger partial charge < -0.3 is 20.3 Å². The molecule has 148 valence electrons. The highest BCUT2D eigenvalue weighted by molar-refractivity contribution is 14.0. The van der Waals surface area contributed by atoms with Crippen LogP contribution in [-0.2, 0) is 0 Å². The van der Waals surface area contributed by atoms with Crippen molar-refractivity contribution in [1.82, 2.24) is 15.5 Å². The van der Waals surface area contributed by atoms with Crippen molar-refractivity contribution in [2.45, 2.75) is 52.2 Å². The molecule has 1 heterocycles. The molecule has 0 radical (unpaired) electrons. The third-order valence-electron chi connectivity index (χ3n) is 4.40. The minimum absolute atomic E-state index is 0. The number of nitrogens with one attached hydrogen (secondary N) is 2. The monoisotopic (exact) mass is 474 g/mol. The van der Waals surface area contributed by atoms with E-state index in [2.05, 4.69) is 36.3 Å². The predicted molar refractivity (Wildman–Crippen MR) is 121 cm³/mol. The van der Waals surface area contributed by atoms with Crippen LogP contribution in [0.5, 0.6) is 5.75 Å². The highest BCUT2D eigenvalue weighted by atomic mass is 127. The van der Waals surface area contributed by atoms with Crippen molar-refractivity contribution in [2.24, 2.45) is 4.99 Å². The van der Waals surface area contributed by atoms with E-state index in [1.165, 1.54) is 38.9 Å². The van der Waals surface area contributed by atoms with Crippen LogP contribution in [-0.4, -0.2) is 55.7 Å². The summed E-state index contributed by atoms with van der Waals surface area (Å²) in [6.45, 7) is 11.5. The van der Waals surface area contributed by atoms with Gasteiger partial charge in [0.1, 0.15) is 11.9 Å². The summed E-state index contributed by atoms with van der Waals surface area (Å²) in [5, 5.41) is 6.95. The zero-order valence-corrected chi connectivity index (χ0v) is 18.7. The molecule has 1 aliphatic heterocycles. The second-order valence-corrected chi connectivity index (χ2v) is 6.72. The van der Waals surface area contributed by atoms with E-state index in [0.29, 0.717) is 12.6 Å². The van der Waals surface area contributed by atoms with Crippen LogP contribution in [0.15, 0.2) is 35.3 Å². The number of nitrogens with zero attached hydrogens (tertiary/aromatic N) is 2. The molecule has 0 spiro atoms. The molecule has 1 aromatic carbocycles. The number of ether oxygens (including phenoxy) is 1. The molecule has 26 heavy (non-hydrogen) atoms. The summed E-state index contributed by atoms with van der Waals surface area (Å²) < 4.78 is 5.90. The summed E-state index contributed by atoms with van der Waals surface area (Å²) in [5.74, 6) is 1.80. The Morgan fingerprint density at radius 3 is 2.54 bits per heavy atom. The van der Waals surface area contributed by atoms with Gasteiger partial charge in [-0.3, -0.25) is 0 Å². The van der Waals surface area contributed by atoms with Gasteiger partial charge in [-0.15, -0.1) is 24.0 Å². The Morgan fingerprint density at radius 2 is 1.92 bits per heavy atom. The largest absolute Gasteiger partial charge is 0.489 e. The van der Waals surface area contributed by atoms with Crippen LogP contribution in [0.2, 0.25) is 0 Å². The van der Waals surface area contributed by atoms with E-state index in [-0.39, 0.29) is 30.1 Å². The minimum Gasteiger partial charge on any atom is -0.489 e. The lowest BCUT2D eigenvalue weighted by atomic mass is 10.1. The van der Waals surface area contributed by atoms with E-state index < -0.39 is 0 Å². The molecule has 0 aliphatic carbocycles. The molecular weight excluding hydrogens is 439 g/mol. The highest BCUT2D eigenvalue weighted by Crippen LogP contribution is 2.12. The van der Waals surface area contributed by atoms with Crippen molar-refractivity contribution < 1.29 is 4.74 Å². The number of halogens is 1. The zero-order chi connectivity index (χ0) is 17.9. The number of likely N-dealkylation sites (tertiary alicyclic amines) is 1. The van der Waals surface area contributed by atoms with E-state index in [4.69, 9.17) is 9.73 Å². The lowest BCUT2D eigenvalue weighted by Gasteiger charge is -2.32. The molecule has 1 aromatic rings. The Morgan fingerprint density at radius 1 is 1.23 bits per heavy atom. The quantitative estimate of drug-likeness (QED) is 0.344. The molecule has 0 amide bonds. The van der Waals surface area contributed by atoms with Gasteiger partial charge in [0.25, 0.3) is 0 Å². The smallest absolute Gasteiger partial charge is 0.191 e. The lowest BCUT2D eigenvalue weighted by molar-refractivity contribution is 0.206. The Kier molecular flexibility index (Phi) is 11.7. The highest BCUT2D eigenvalue weighted by Gasteiger charge is 2.19. The number of aliphatic imine (C=N–C) groups is 1. The van der Waals surface area contributed by atoms with Gasteiger partial charge in [0.05, 0.1) is 6.54 Å². The first kappa shape index (κ1) is 23.0. The molecule has 0 bridgehead atoms. The molecular formula is C20H35IN4O. The lowest BCUT2D eigenvalue weighted by Crippen LogP contribution is -2.49. The number of para-hydroxylation sites is 1. The normalized spacial score (nSPS) is 17.3. The number of piperidine rings is 1. The molecule has 1 unspecified atom stereocenters. The van der Waals surface area contributed by atoms with Crippen LogP contribution in [0.3, 0.4) is 0 Å². The summed E-state index contributed by atoms with van der Waals surface area (Å²) in [7, 11) is 0. The summed E-state index contributed by atoms with van der Waals surface area (Å²) in [6.07, 6.45) is 3.65. The van der Waals surface area contributed by atoms with Crippen molar-refractivity contribution in [1.29, 1.82) is 0 Å². The minimum atomic E-state index is 0. The first-order chi connectivity index (χ1) is 12.2. The molecule has 2 N–H and O–H groups in total. The maximum Gasteiger partial charge on any atom is 0.191 e. The number of hydrogen-bond donors (Lipinski definition) is 2. The standard InChI is InChI=1S/C20H34N4O.HI/c1-4-13-24-14-11-18(12-15-24)23-20(21-5-2)22-16-17(3)25-19-9-7-6-8-10-19;/h6-10,17-18H,4-5,11-16H2,1-3H3,(H2,21,22,23);1H. The maximum atomic E-state index is 5.90. The van der Waals surface area contributed by atoms with Gasteiger partial charge in [-0.2, -0.15) is 0 Å². The maximum absolute atomic E-state index is 5.90. The Bertz CT molecular complexity index is 504. The van der Waals surface area contributed by atoms with Gasteiger partial charge in [0, 0.05) is 25.7 Å². The fourth-order valence-electron chi connectivity index (χ4n) is 3.12. The first-order valence-electron chi connectivity index (χ1n) is 9.70. The van der Waals surface area contributed by atoms with E-state index in [9.17, 15) is 0 Å². The molecule has 5 nitrogen and oxygen atoms in total. The average molecular weight is 474 g/mol. The third-order valence-corrected chi connectivity index (χ3v) is 4.40. The molecule has 1 fully saturated rings. The Balaban J connectivity index is 0.00000338. The van der Waals surface area contributed by atoms with Crippen LogP contribution in [0.4, 0.5) is 0 Å². The topological polar surface area (TPSA) is 48.9 Å². The fourth-order valence-corrected chi connectivity index (χ4v) is 3.12. The zero-order valence-electron chi connectivity index (χ0n) is 16.4. The fraction of sp³-hybridized carbons (Fsp3) is 0.650. The second-order valence-electron chi connectivity index (χ2n) is 6.72. The number of hydrogen-bond acceptors (Lipinski definition) is 3. The van der Waals surface area contributed by atoms with Gasteiger partial charge in [-0.1, -0.05) is 25.1 Å². The van der Waals surface area contributed by atoms with E-state index in [1.807, 2.05) is 30.3 Å². The molecule has 0 aromatic heterocycles. The van der Waals surface area contributed by atoms with Gasteiger partial charge in [-0.25, -0.2) is 4.99 Å². The van der Waals surface area contributed by atoms with Gasteiger partial charge in [0.2, 0.25) is 0 Å². The average Bonchev–Trinajstić information content (AvgIpc) is 2.63. The Labute approximate surface area is 176 Å². The third kappa shape index (κ3) is 8.58. The number of benzene rings is 1. The van der Waals surface area contributed by atoms with E-state index in [0.717, 1.165) is 18.3 Å². The summed E-state index contributed by atoms with van der Waals surface area (Å²) >= 11 is 0. The van der Waals surface area contributed by atoms with Crippen LogP contribution in [0, 0.1) is 0 Å². The van der Waals surface area contributed by atoms with E-state index in [1.54, 1.807) is 0 Å². The van der Waals surface area contributed by atoms with Gasteiger partial charge in [-0.05, 0) is 51.8 Å². The van der Waals surface area contributed by atoms with Crippen molar-refractivity contribution in [3.63, 3.8) is 0 Å². The SMILES string of the molecule is CCCN1CCC(NC(=NCC(C)Oc2ccccc2)NCC)CC1.I. The number of rotatable bonds is 8. The molecule has 1 atom stereocenters. The molecule has 1 saturated heterocycles. The van der Waals surface area contributed by atoms with E-state index >= 15 is 0 Å². The molecule has 6 heteroatoms. The molecule has 2 rings (SSSR count). The number of guanidine groups is 1. The van der Waals surface area contributed by atoms with Gasteiger partial charge >= 0.3 is 0 Å². The van der Waals surface area contributed by atoms with Crippen LogP contribution in [0.25, 0.3) is 0 Å². The van der Waals surface area contributed by atoms with Crippen molar-refractivity contribution in [3.05, 3.63) is 30.3 Å². The predicted octanol–water partition coefficient (Wildman–Crippen LogP) is 3.50. The van der Waals surface area contributed by atoms with Crippen molar-refractivity contribution >= 4 is 29.9 Å². The molecule has 1 aliphatic rings. The second kappa shape index (κ2) is 13.2. The van der Waals surface area contributed by atoms with Crippen molar-refractivity contribution in [3.8, 4) is 5.75 Å². The summed E-state index contributed by atoms with van der Waals surface area (Å²) in [5.41, 5.74) is 0. The van der Waals surface area contributed by atoms with Gasteiger partial charge in [0.15, 0.2) is 5.96 Å². The Hall–Kier alpha value is -1.02. The first-order valence-corrected chi connectivity index (χ1v) is 9.70. The van der Waals surface area contributed by atoms with Crippen molar-refractivity contribution in [2.75, 3.05) is 32.7 Å².